The van der Waals surface area contributed by atoms with Gasteiger partial charge in [0.1, 0.15) is 0 Å². The Morgan fingerprint density at radius 2 is 2.21 bits per heavy atom. The Bertz CT molecular complexity index is 229. The minimum Gasteiger partial charge on any atom is -0.391 e. The van der Waals surface area contributed by atoms with E-state index < -0.39 is 30.7 Å². The lowest BCUT2D eigenvalue weighted by Gasteiger charge is -2.25. The minimum atomic E-state index is -4.27. The zero-order chi connectivity index (χ0) is 10.9. The van der Waals surface area contributed by atoms with Crippen LogP contribution in [0.15, 0.2) is 0 Å². The summed E-state index contributed by atoms with van der Waals surface area (Å²) in [5.74, 6) is -0.408. The van der Waals surface area contributed by atoms with Gasteiger partial charge in [-0.1, -0.05) is 0 Å². The fraction of sp³-hybridized carbons (Fsp3) is 0.875. The zero-order valence-electron chi connectivity index (χ0n) is 7.71. The molecule has 1 heterocycles. The number of carbonyl (C=O) groups is 1. The molecule has 1 saturated heterocycles. The molecule has 1 fully saturated rings. The van der Waals surface area contributed by atoms with Crippen LogP contribution >= 0.6 is 0 Å². The predicted octanol–water partition coefficient (Wildman–Crippen LogP) is 0.921. The van der Waals surface area contributed by atoms with E-state index in [1.807, 2.05) is 0 Å². The molecular formula is C8H12F3NO2. The van der Waals surface area contributed by atoms with Gasteiger partial charge >= 0.3 is 6.18 Å². The van der Waals surface area contributed by atoms with Crippen molar-refractivity contribution in [2.75, 3.05) is 6.54 Å². The average Bonchev–Trinajstić information content (AvgIpc) is 2.26. The van der Waals surface area contributed by atoms with Crippen molar-refractivity contribution in [3.8, 4) is 0 Å². The van der Waals surface area contributed by atoms with Gasteiger partial charge < -0.3 is 10.0 Å². The highest BCUT2D eigenvalue weighted by molar-refractivity contribution is 5.79. The molecule has 0 aromatic carbocycles. The van der Waals surface area contributed by atoms with Gasteiger partial charge in [-0.05, 0) is 6.92 Å². The first kappa shape index (κ1) is 11.3. The van der Waals surface area contributed by atoms with Crippen LogP contribution in [0.5, 0.6) is 0 Å². The van der Waals surface area contributed by atoms with Gasteiger partial charge in [0.05, 0.1) is 18.9 Å². The van der Waals surface area contributed by atoms with Crippen molar-refractivity contribution in [3.63, 3.8) is 0 Å². The standard InChI is InChI=1S/C8H12F3NO2/c1-5(3-8(9,10)11)12-4-6(13)2-7(12)14/h5-6,13H,2-4H2,1H3. The maximum Gasteiger partial charge on any atom is 0.391 e. The van der Waals surface area contributed by atoms with E-state index in [9.17, 15) is 18.0 Å². The lowest BCUT2D eigenvalue weighted by molar-refractivity contribution is -0.151. The van der Waals surface area contributed by atoms with E-state index in [4.69, 9.17) is 5.11 Å². The largest absolute Gasteiger partial charge is 0.391 e. The van der Waals surface area contributed by atoms with E-state index >= 15 is 0 Å². The Morgan fingerprint density at radius 3 is 2.57 bits per heavy atom. The third-order valence-electron chi connectivity index (χ3n) is 2.20. The first-order valence-electron chi connectivity index (χ1n) is 4.34. The normalized spacial score (nSPS) is 25.6. The van der Waals surface area contributed by atoms with Gasteiger partial charge in [0.15, 0.2) is 0 Å². The maximum absolute atomic E-state index is 12.0. The zero-order valence-corrected chi connectivity index (χ0v) is 7.71. The van der Waals surface area contributed by atoms with Gasteiger partial charge in [0.25, 0.3) is 0 Å². The van der Waals surface area contributed by atoms with Crippen molar-refractivity contribution in [2.45, 2.75) is 38.1 Å². The molecule has 1 N–H and O–H groups in total. The molecule has 0 aromatic rings. The second-order valence-corrected chi connectivity index (χ2v) is 3.57. The molecule has 82 valence electrons. The number of hydrogen-bond donors (Lipinski definition) is 1. The van der Waals surface area contributed by atoms with Crippen LogP contribution in [0, 0.1) is 0 Å². The van der Waals surface area contributed by atoms with Crippen molar-refractivity contribution < 1.29 is 23.1 Å². The number of hydrogen-bond acceptors (Lipinski definition) is 2. The quantitative estimate of drug-likeness (QED) is 0.737. The Kier molecular flexibility index (Phi) is 3.04. The molecule has 0 spiro atoms. The van der Waals surface area contributed by atoms with Crippen LogP contribution in [0.1, 0.15) is 19.8 Å². The lowest BCUT2D eigenvalue weighted by atomic mass is 10.2. The van der Waals surface area contributed by atoms with Gasteiger partial charge in [-0.3, -0.25) is 4.79 Å². The first-order valence-corrected chi connectivity index (χ1v) is 4.34. The van der Waals surface area contributed by atoms with E-state index in [-0.39, 0.29) is 13.0 Å². The molecule has 1 amide bonds. The molecule has 3 nitrogen and oxygen atoms in total. The van der Waals surface area contributed by atoms with Crippen LogP contribution in [-0.2, 0) is 4.79 Å². The minimum absolute atomic E-state index is 0.0100. The van der Waals surface area contributed by atoms with Crippen molar-refractivity contribution in [1.82, 2.24) is 4.90 Å². The van der Waals surface area contributed by atoms with Crippen molar-refractivity contribution >= 4 is 5.91 Å². The van der Waals surface area contributed by atoms with Gasteiger partial charge in [-0.2, -0.15) is 13.2 Å². The summed E-state index contributed by atoms with van der Waals surface area (Å²) in [7, 11) is 0. The number of amides is 1. The molecule has 6 heteroatoms. The summed E-state index contributed by atoms with van der Waals surface area (Å²) in [5.41, 5.74) is 0. The molecule has 0 aromatic heterocycles. The molecule has 1 aliphatic rings. The van der Waals surface area contributed by atoms with Crippen LogP contribution in [0.2, 0.25) is 0 Å². The Morgan fingerprint density at radius 1 is 1.64 bits per heavy atom. The summed E-state index contributed by atoms with van der Waals surface area (Å²) in [4.78, 5) is 12.2. The molecule has 2 unspecified atom stereocenters. The number of carbonyl (C=O) groups excluding carboxylic acids is 1. The van der Waals surface area contributed by atoms with E-state index in [2.05, 4.69) is 0 Å². The predicted molar refractivity (Wildman–Crippen MR) is 42.5 cm³/mol. The second-order valence-electron chi connectivity index (χ2n) is 3.57. The summed E-state index contributed by atoms with van der Waals surface area (Å²) >= 11 is 0. The second kappa shape index (κ2) is 3.76. The Labute approximate surface area is 79.5 Å². The molecule has 2 atom stereocenters. The van der Waals surface area contributed by atoms with Crippen LogP contribution < -0.4 is 0 Å². The number of rotatable bonds is 2. The Hall–Kier alpha value is -0.780. The highest BCUT2D eigenvalue weighted by Gasteiger charge is 2.37. The van der Waals surface area contributed by atoms with Crippen LogP contribution in [0.25, 0.3) is 0 Å². The summed E-state index contributed by atoms with van der Waals surface area (Å²) < 4.78 is 35.9. The van der Waals surface area contributed by atoms with Crippen molar-refractivity contribution in [3.05, 3.63) is 0 Å². The van der Waals surface area contributed by atoms with E-state index in [0.717, 1.165) is 4.90 Å². The van der Waals surface area contributed by atoms with Gasteiger partial charge in [-0.25, -0.2) is 0 Å². The van der Waals surface area contributed by atoms with Gasteiger partial charge in [0.2, 0.25) is 5.91 Å². The fourth-order valence-corrected chi connectivity index (χ4v) is 1.58. The topological polar surface area (TPSA) is 40.5 Å². The Balaban J connectivity index is 2.53. The summed E-state index contributed by atoms with van der Waals surface area (Å²) in [5, 5.41) is 9.07. The van der Waals surface area contributed by atoms with Crippen LogP contribution in [0.3, 0.4) is 0 Å². The number of β-amino-alcohol motifs (C(OH)–C–C–N with tert-alkyl or cyclic N) is 1. The monoisotopic (exact) mass is 211 g/mol. The third-order valence-corrected chi connectivity index (χ3v) is 2.20. The molecular weight excluding hydrogens is 199 g/mol. The van der Waals surface area contributed by atoms with E-state index in [0.29, 0.717) is 0 Å². The third kappa shape index (κ3) is 2.87. The number of halogens is 3. The number of nitrogens with zero attached hydrogens (tertiary/aromatic N) is 1. The van der Waals surface area contributed by atoms with E-state index in [1.54, 1.807) is 0 Å². The first-order chi connectivity index (χ1) is 6.29. The highest BCUT2D eigenvalue weighted by Crippen LogP contribution is 2.26. The number of aliphatic hydroxyl groups excluding tert-OH is 1. The molecule has 1 rings (SSSR count). The molecule has 1 aliphatic heterocycles. The summed E-state index contributed by atoms with van der Waals surface area (Å²) in [6.07, 6.45) is -6.18. The number of aliphatic hydroxyl groups is 1. The van der Waals surface area contributed by atoms with Crippen molar-refractivity contribution in [1.29, 1.82) is 0 Å². The summed E-state index contributed by atoms with van der Waals surface area (Å²) in [6, 6.07) is -0.889. The number of likely N-dealkylation sites (tertiary alicyclic amines) is 1. The maximum atomic E-state index is 12.0. The van der Waals surface area contributed by atoms with Gasteiger partial charge in [-0.15, -0.1) is 0 Å². The van der Waals surface area contributed by atoms with Gasteiger partial charge in [0, 0.05) is 12.6 Å². The van der Waals surface area contributed by atoms with E-state index in [1.165, 1.54) is 6.92 Å². The summed E-state index contributed by atoms with van der Waals surface area (Å²) in [6.45, 7) is 1.35. The number of alkyl halides is 3. The molecule has 0 aliphatic carbocycles. The highest BCUT2D eigenvalue weighted by atomic mass is 19.4. The fourth-order valence-electron chi connectivity index (χ4n) is 1.58. The smallest absolute Gasteiger partial charge is 0.391 e. The average molecular weight is 211 g/mol. The van der Waals surface area contributed by atoms with Crippen molar-refractivity contribution in [2.24, 2.45) is 0 Å². The molecule has 0 bridgehead atoms. The van der Waals surface area contributed by atoms with Crippen LogP contribution in [-0.4, -0.2) is 40.8 Å². The van der Waals surface area contributed by atoms with Crippen LogP contribution in [0.4, 0.5) is 13.2 Å². The lowest BCUT2D eigenvalue weighted by Crippen LogP contribution is -2.37. The molecule has 0 radical (unpaired) electrons. The SMILES string of the molecule is CC(CC(F)(F)F)N1CC(O)CC1=O. The molecule has 14 heavy (non-hydrogen) atoms. The molecule has 0 saturated carbocycles.